The number of benzene rings is 1. The van der Waals surface area contributed by atoms with Gasteiger partial charge in [0.2, 0.25) is 5.91 Å². The molecule has 1 aliphatic heterocycles. The number of carbonyl (C=O) groups excluding carboxylic acids is 2. The largest absolute Gasteiger partial charge is 0.359 e. The van der Waals surface area contributed by atoms with E-state index in [0.29, 0.717) is 22.8 Å². The lowest BCUT2D eigenvalue weighted by Crippen LogP contribution is -2.37. The van der Waals surface area contributed by atoms with Gasteiger partial charge >= 0.3 is 0 Å². The lowest BCUT2D eigenvalue weighted by atomic mass is 10.1. The third-order valence-electron chi connectivity index (χ3n) is 4.63. The van der Waals surface area contributed by atoms with Crippen molar-refractivity contribution in [1.82, 2.24) is 15.0 Å². The van der Waals surface area contributed by atoms with Gasteiger partial charge in [-0.3, -0.25) is 9.59 Å². The third kappa shape index (κ3) is 3.32. The van der Waals surface area contributed by atoms with Gasteiger partial charge in [0, 0.05) is 31.9 Å². The highest BCUT2D eigenvalue weighted by atomic mass is 16.5. The van der Waals surface area contributed by atoms with Crippen LogP contribution in [0.3, 0.4) is 0 Å². The predicted octanol–water partition coefficient (Wildman–Crippen LogP) is 2.40. The number of hydrogen-bond acceptors (Lipinski definition) is 6. The van der Waals surface area contributed by atoms with Crippen molar-refractivity contribution in [2.24, 2.45) is 0 Å². The van der Waals surface area contributed by atoms with E-state index in [1.807, 2.05) is 36.4 Å². The first-order valence-electron chi connectivity index (χ1n) is 8.80. The average molecular weight is 377 g/mol. The molecule has 1 aromatic carbocycles. The maximum absolute atomic E-state index is 12.8. The van der Waals surface area contributed by atoms with E-state index in [1.54, 1.807) is 20.2 Å². The highest BCUT2D eigenvalue weighted by Gasteiger charge is 2.24. The topological polar surface area (TPSA) is 91.6 Å². The van der Waals surface area contributed by atoms with Gasteiger partial charge in [-0.1, -0.05) is 35.5 Å². The minimum absolute atomic E-state index is 0.0812. The normalized spacial score (nSPS) is 13.1. The fraction of sp³-hybridized carbons (Fsp3) is 0.200. The van der Waals surface area contributed by atoms with Gasteiger partial charge < -0.3 is 19.6 Å². The highest BCUT2D eigenvalue weighted by Crippen LogP contribution is 2.27. The van der Waals surface area contributed by atoms with Crippen LogP contribution in [0.4, 0.5) is 11.5 Å². The zero-order valence-corrected chi connectivity index (χ0v) is 15.5. The SMILES string of the molecule is CN(Cc1cc(-c2ccccc2)no1)C(=O)c1cnc2c(c1)N(C)C(=O)CN2. The lowest BCUT2D eigenvalue weighted by Gasteiger charge is -2.26. The van der Waals surface area contributed by atoms with Crippen LogP contribution < -0.4 is 10.2 Å². The van der Waals surface area contributed by atoms with E-state index in [-0.39, 0.29) is 24.9 Å². The molecule has 3 heterocycles. The second-order valence-electron chi connectivity index (χ2n) is 6.60. The molecule has 8 heteroatoms. The predicted molar refractivity (Wildman–Crippen MR) is 104 cm³/mol. The van der Waals surface area contributed by atoms with Crippen molar-refractivity contribution < 1.29 is 14.1 Å². The number of aromatic nitrogens is 2. The fourth-order valence-electron chi connectivity index (χ4n) is 3.03. The first-order valence-corrected chi connectivity index (χ1v) is 8.80. The van der Waals surface area contributed by atoms with Gasteiger partial charge in [0.1, 0.15) is 11.5 Å². The average Bonchev–Trinajstić information content (AvgIpc) is 3.19. The molecule has 0 bridgehead atoms. The molecule has 142 valence electrons. The van der Waals surface area contributed by atoms with E-state index >= 15 is 0 Å². The Morgan fingerprint density at radius 2 is 2.07 bits per heavy atom. The van der Waals surface area contributed by atoms with Crippen LogP contribution in [0.25, 0.3) is 11.3 Å². The number of nitrogens with zero attached hydrogens (tertiary/aromatic N) is 4. The molecule has 0 spiro atoms. The maximum atomic E-state index is 12.8. The number of fused-ring (bicyclic) bond motifs is 1. The van der Waals surface area contributed by atoms with Crippen LogP contribution in [0.1, 0.15) is 16.1 Å². The Morgan fingerprint density at radius 1 is 1.29 bits per heavy atom. The minimum Gasteiger partial charge on any atom is -0.359 e. The first kappa shape index (κ1) is 17.7. The molecule has 28 heavy (non-hydrogen) atoms. The minimum atomic E-state index is -0.223. The van der Waals surface area contributed by atoms with Crippen LogP contribution in [0, 0.1) is 0 Å². The monoisotopic (exact) mass is 377 g/mol. The Morgan fingerprint density at radius 3 is 2.86 bits per heavy atom. The second kappa shape index (κ2) is 7.15. The van der Waals surface area contributed by atoms with Crippen LogP contribution in [0.5, 0.6) is 0 Å². The molecular weight excluding hydrogens is 358 g/mol. The van der Waals surface area contributed by atoms with E-state index in [1.165, 1.54) is 16.0 Å². The zero-order chi connectivity index (χ0) is 19.7. The molecule has 0 atom stereocenters. The molecule has 3 aromatic rings. The molecule has 2 aromatic heterocycles. The summed E-state index contributed by atoms with van der Waals surface area (Å²) in [7, 11) is 3.35. The summed E-state index contributed by atoms with van der Waals surface area (Å²) in [4.78, 5) is 31.9. The van der Waals surface area contributed by atoms with Gasteiger partial charge in [-0.15, -0.1) is 0 Å². The van der Waals surface area contributed by atoms with Gasteiger partial charge in [0.15, 0.2) is 5.76 Å². The van der Waals surface area contributed by atoms with Crippen molar-refractivity contribution in [1.29, 1.82) is 0 Å². The van der Waals surface area contributed by atoms with Crippen molar-refractivity contribution >= 4 is 23.3 Å². The van der Waals surface area contributed by atoms with Crippen LogP contribution in [0.15, 0.2) is 53.2 Å². The van der Waals surface area contributed by atoms with Crippen molar-refractivity contribution in [3.05, 3.63) is 60.0 Å². The lowest BCUT2D eigenvalue weighted by molar-refractivity contribution is -0.116. The molecule has 0 fully saturated rings. The van der Waals surface area contributed by atoms with Gasteiger partial charge in [-0.2, -0.15) is 0 Å². The summed E-state index contributed by atoms with van der Waals surface area (Å²) in [5.41, 5.74) is 2.65. The molecule has 0 aliphatic carbocycles. The molecule has 8 nitrogen and oxygen atoms in total. The van der Waals surface area contributed by atoms with Crippen molar-refractivity contribution in [3.63, 3.8) is 0 Å². The number of amides is 2. The molecule has 0 saturated heterocycles. The summed E-state index contributed by atoms with van der Waals surface area (Å²) in [5, 5.41) is 7.02. The Bertz CT molecular complexity index is 1030. The third-order valence-corrected chi connectivity index (χ3v) is 4.63. The van der Waals surface area contributed by atoms with Crippen LogP contribution in [-0.4, -0.2) is 47.5 Å². The van der Waals surface area contributed by atoms with Crippen molar-refractivity contribution in [2.75, 3.05) is 30.9 Å². The second-order valence-corrected chi connectivity index (χ2v) is 6.60. The molecule has 0 saturated carbocycles. The summed E-state index contributed by atoms with van der Waals surface area (Å²) >= 11 is 0. The highest BCUT2D eigenvalue weighted by molar-refractivity contribution is 6.03. The molecule has 1 N–H and O–H groups in total. The number of rotatable bonds is 4. The van der Waals surface area contributed by atoms with E-state index in [9.17, 15) is 9.59 Å². The Kier molecular flexibility index (Phi) is 4.52. The smallest absolute Gasteiger partial charge is 0.255 e. The van der Waals surface area contributed by atoms with Gasteiger partial charge in [0.05, 0.1) is 24.3 Å². The summed E-state index contributed by atoms with van der Waals surface area (Å²) in [6, 6.07) is 13.2. The Balaban J connectivity index is 1.50. The Labute approximate surface area is 161 Å². The molecule has 1 aliphatic rings. The Hall–Kier alpha value is -3.68. The van der Waals surface area contributed by atoms with Crippen molar-refractivity contribution in [2.45, 2.75) is 6.54 Å². The van der Waals surface area contributed by atoms with Crippen LogP contribution in [0.2, 0.25) is 0 Å². The maximum Gasteiger partial charge on any atom is 0.255 e. The number of nitrogens with one attached hydrogen (secondary N) is 1. The van der Waals surface area contributed by atoms with Crippen molar-refractivity contribution in [3.8, 4) is 11.3 Å². The summed E-state index contributed by atoms with van der Waals surface area (Å²) in [6.45, 7) is 0.460. The fourth-order valence-corrected chi connectivity index (χ4v) is 3.03. The summed E-state index contributed by atoms with van der Waals surface area (Å²) in [5.74, 6) is 0.861. The quantitative estimate of drug-likeness (QED) is 0.751. The van der Waals surface area contributed by atoms with Gasteiger partial charge in [-0.05, 0) is 6.07 Å². The number of carbonyl (C=O) groups is 2. The number of anilines is 2. The molecular formula is C20H19N5O3. The summed E-state index contributed by atoms with van der Waals surface area (Å²) < 4.78 is 5.38. The van der Waals surface area contributed by atoms with Crippen LogP contribution >= 0.6 is 0 Å². The standard InChI is InChI=1S/C20H19N5O3/c1-24(12-15-9-16(23-28-15)13-6-4-3-5-7-13)20(27)14-8-17-19(21-10-14)22-11-18(26)25(17)2/h3-10H,11-12H2,1-2H3,(H,21,22). The zero-order valence-electron chi connectivity index (χ0n) is 15.5. The van der Waals surface area contributed by atoms with Gasteiger partial charge in [-0.25, -0.2) is 4.98 Å². The number of likely N-dealkylation sites (N-methyl/N-ethyl adjacent to an activating group) is 1. The van der Waals surface area contributed by atoms with E-state index in [2.05, 4.69) is 15.5 Å². The van der Waals surface area contributed by atoms with E-state index in [0.717, 1.165) is 11.3 Å². The molecule has 0 radical (unpaired) electrons. The molecule has 0 unspecified atom stereocenters. The van der Waals surface area contributed by atoms with E-state index < -0.39 is 0 Å². The van der Waals surface area contributed by atoms with Gasteiger partial charge in [0.25, 0.3) is 5.91 Å². The summed E-state index contributed by atoms with van der Waals surface area (Å²) in [6.07, 6.45) is 1.50. The molecule has 4 rings (SSSR count). The molecule has 2 amide bonds. The van der Waals surface area contributed by atoms with E-state index in [4.69, 9.17) is 4.52 Å². The number of hydrogen-bond donors (Lipinski definition) is 1. The van der Waals surface area contributed by atoms with Crippen LogP contribution in [-0.2, 0) is 11.3 Å². The number of pyridine rings is 1. The first-order chi connectivity index (χ1) is 13.5.